The van der Waals surface area contributed by atoms with E-state index in [1.807, 2.05) is 6.08 Å². The Morgan fingerprint density at radius 2 is 1.42 bits per heavy atom. The first kappa shape index (κ1) is 28.3. The summed E-state index contributed by atoms with van der Waals surface area (Å²) in [6, 6.07) is 0. The molecule has 0 heterocycles. The Hall–Kier alpha value is -0.520. The summed E-state index contributed by atoms with van der Waals surface area (Å²) >= 11 is 0. The van der Waals surface area contributed by atoms with Crippen LogP contribution in [0.1, 0.15) is 125 Å². The van der Waals surface area contributed by atoms with E-state index in [4.69, 9.17) is 0 Å². The first-order valence-corrected chi connectivity index (χ1v) is 10.8. The number of hydrogen-bond donors (Lipinski definition) is 0. The van der Waals surface area contributed by atoms with Crippen LogP contribution in [0.5, 0.6) is 0 Å². The average Bonchev–Trinajstić information content (AvgIpc) is 2.62. The number of hydrogen-bond acceptors (Lipinski definition) is 0. The highest BCUT2D eigenvalue weighted by atomic mass is 14.0. The van der Waals surface area contributed by atoms with E-state index in [2.05, 4.69) is 54.7 Å². The quantitative estimate of drug-likeness (QED) is 0.231. The van der Waals surface area contributed by atoms with Crippen LogP contribution in [0.3, 0.4) is 0 Å². The van der Waals surface area contributed by atoms with E-state index in [9.17, 15) is 0 Å². The van der Waals surface area contributed by atoms with E-state index in [1.165, 1.54) is 82.6 Å². The van der Waals surface area contributed by atoms with Gasteiger partial charge in [0.25, 0.3) is 0 Å². The Balaban J connectivity index is -0.000000276. The van der Waals surface area contributed by atoms with Gasteiger partial charge in [-0.1, -0.05) is 111 Å². The summed E-state index contributed by atoms with van der Waals surface area (Å²) in [5, 5.41) is 0. The van der Waals surface area contributed by atoms with Gasteiger partial charge in [-0.15, -0.1) is 6.58 Å². The average molecular weight is 339 g/mol. The minimum absolute atomic E-state index is 0.954. The molecule has 0 bridgehead atoms. The highest BCUT2D eigenvalue weighted by Crippen LogP contribution is 2.10. The zero-order valence-corrected chi connectivity index (χ0v) is 18.3. The van der Waals surface area contributed by atoms with Crippen molar-refractivity contribution in [1.29, 1.82) is 0 Å². The van der Waals surface area contributed by atoms with Gasteiger partial charge in [0.1, 0.15) is 0 Å². The molecule has 0 rings (SSSR count). The zero-order valence-electron chi connectivity index (χ0n) is 18.3. The van der Waals surface area contributed by atoms with Crippen LogP contribution in [0, 0.1) is 5.92 Å². The largest absolute Gasteiger partial charge is 0.103 e. The summed E-state index contributed by atoms with van der Waals surface area (Å²) in [6.45, 7) is 21.0. The second-order valence-corrected chi connectivity index (χ2v) is 7.00. The molecule has 24 heavy (non-hydrogen) atoms. The Morgan fingerprint density at radius 1 is 0.833 bits per heavy atom. The van der Waals surface area contributed by atoms with Gasteiger partial charge in [0, 0.05) is 0 Å². The third kappa shape index (κ3) is 33.2. The van der Waals surface area contributed by atoms with Crippen molar-refractivity contribution >= 4 is 0 Å². The summed E-state index contributed by atoms with van der Waals surface area (Å²) < 4.78 is 0. The number of unbranched alkanes of at least 4 members (excludes halogenated alkanes) is 6. The van der Waals surface area contributed by atoms with E-state index in [1.54, 1.807) is 0 Å². The lowest BCUT2D eigenvalue weighted by molar-refractivity contribution is 0.492. The normalized spacial score (nSPS) is 10.8. The molecule has 1 atom stereocenters. The van der Waals surface area contributed by atoms with Crippen molar-refractivity contribution in [3.63, 3.8) is 0 Å². The predicted molar refractivity (Wildman–Crippen MR) is 117 cm³/mol. The van der Waals surface area contributed by atoms with Gasteiger partial charge in [0.15, 0.2) is 0 Å². The smallest absolute Gasteiger partial charge is 0.0323 e. The Morgan fingerprint density at radius 3 is 1.83 bits per heavy atom. The van der Waals surface area contributed by atoms with Crippen molar-refractivity contribution in [2.45, 2.75) is 125 Å². The van der Waals surface area contributed by atoms with Crippen LogP contribution in [0.4, 0.5) is 0 Å². The number of rotatable bonds is 13. The van der Waals surface area contributed by atoms with Crippen LogP contribution in [-0.4, -0.2) is 0 Å². The third-order valence-corrected chi connectivity index (χ3v) is 4.39. The van der Waals surface area contributed by atoms with Gasteiger partial charge >= 0.3 is 0 Å². The lowest BCUT2D eigenvalue weighted by atomic mass is 10.0. The van der Waals surface area contributed by atoms with Gasteiger partial charge < -0.3 is 0 Å². The second-order valence-electron chi connectivity index (χ2n) is 7.00. The minimum atomic E-state index is 0.954. The molecular weight excluding hydrogens is 288 g/mol. The maximum absolute atomic E-state index is 3.91. The number of allylic oxidation sites excluding steroid dienone is 2. The first-order valence-electron chi connectivity index (χ1n) is 10.8. The van der Waals surface area contributed by atoms with Crippen LogP contribution in [-0.2, 0) is 0 Å². The molecule has 0 saturated heterocycles. The molecule has 0 fully saturated rings. The third-order valence-electron chi connectivity index (χ3n) is 4.39. The van der Waals surface area contributed by atoms with Crippen molar-refractivity contribution in [2.75, 3.05) is 0 Å². The topological polar surface area (TPSA) is 0 Å². The molecule has 0 aliphatic rings. The maximum Gasteiger partial charge on any atom is -0.0323 e. The van der Waals surface area contributed by atoms with E-state index >= 15 is 0 Å². The summed E-state index contributed by atoms with van der Waals surface area (Å²) in [5.74, 6) is 0.954. The van der Waals surface area contributed by atoms with Crippen molar-refractivity contribution in [3.8, 4) is 0 Å². The molecule has 0 amide bonds. The standard InChI is InChI=1S/C8H18.2C8H16/c2*1-4-6-7-8(3)5-2;1-3-5-7-8-6-4-2/h8H,4-7H2,1-3H3;3-7H2,1-2H3;3H,1,4-8H2,2H3. The molecule has 1 unspecified atom stereocenters. The van der Waals surface area contributed by atoms with E-state index in [0.717, 1.165) is 12.3 Å². The molecule has 0 aromatic carbocycles. The maximum atomic E-state index is 3.91. The van der Waals surface area contributed by atoms with E-state index in [-0.39, 0.29) is 0 Å². The summed E-state index contributed by atoms with van der Waals surface area (Å²) in [6.07, 6.45) is 19.1. The molecule has 0 N–H and O–H groups in total. The van der Waals surface area contributed by atoms with Crippen LogP contribution >= 0.6 is 0 Å². The summed E-state index contributed by atoms with van der Waals surface area (Å²) in [4.78, 5) is 0. The Labute approximate surface area is 156 Å². The van der Waals surface area contributed by atoms with Crippen LogP contribution < -0.4 is 0 Å². The van der Waals surface area contributed by atoms with Crippen molar-refractivity contribution in [1.82, 2.24) is 0 Å². The fraction of sp³-hybridized carbons (Fsp3) is 0.833. The van der Waals surface area contributed by atoms with Gasteiger partial charge in [-0.2, -0.15) is 0 Å². The van der Waals surface area contributed by atoms with Crippen LogP contribution in [0.2, 0.25) is 0 Å². The monoisotopic (exact) mass is 338 g/mol. The van der Waals surface area contributed by atoms with Crippen LogP contribution in [0.15, 0.2) is 24.8 Å². The SMILES string of the molecule is C=C(CC)CCCC.C=CCCCCCC.CCCCC(C)CC. The fourth-order valence-electron chi connectivity index (χ4n) is 2.08. The molecule has 0 aliphatic heterocycles. The van der Waals surface area contributed by atoms with Crippen molar-refractivity contribution in [2.24, 2.45) is 5.92 Å². The molecule has 0 radical (unpaired) electrons. The fourth-order valence-corrected chi connectivity index (χ4v) is 2.08. The summed E-state index contributed by atoms with van der Waals surface area (Å²) in [5.41, 5.74) is 1.40. The van der Waals surface area contributed by atoms with Gasteiger partial charge in [-0.3, -0.25) is 0 Å². The van der Waals surface area contributed by atoms with Crippen molar-refractivity contribution in [3.05, 3.63) is 24.8 Å². The molecular formula is C24H50. The Bertz CT molecular complexity index is 226. The molecule has 0 spiro atoms. The molecule has 0 aromatic heterocycles. The van der Waals surface area contributed by atoms with Gasteiger partial charge in [0.05, 0.1) is 0 Å². The highest BCUT2D eigenvalue weighted by Gasteiger charge is 1.94. The van der Waals surface area contributed by atoms with Crippen LogP contribution in [0.25, 0.3) is 0 Å². The van der Waals surface area contributed by atoms with Gasteiger partial charge in [0.2, 0.25) is 0 Å². The highest BCUT2D eigenvalue weighted by molar-refractivity contribution is 4.91. The molecule has 0 heteroatoms. The summed E-state index contributed by atoms with van der Waals surface area (Å²) in [7, 11) is 0. The van der Waals surface area contributed by atoms with E-state index < -0.39 is 0 Å². The molecule has 0 aromatic rings. The first-order chi connectivity index (χ1) is 11.5. The van der Waals surface area contributed by atoms with E-state index in [0.29, 0.717) is 0 Å². The van der Waals surface area contributed by atoms with Crippen molar-refractivity contribution < 1.29 is 0 Å². The Kier molecular flexibility index (Phi) is 32.2. The minimum Gasteiger partial charge on any atom is -0.103 e. The van der Waals surface area contributed by atoms with Gasteiger partial charge in [-0.05, 0) is 38.0 Å². The van der Waals surface area contributed by atoms with Gasteiger partial charge in [-0.25, -0.2) is 0 Å². The molecule has 0 saturated carbocycles. The second kappa shape index (κ2) is 27.3. The lowest BCUT2D eigenvalue weighted by Crippen LogP contribution is -1.89. The molecule has 0 nitrogen and oxygen atoms in total. The lowest BCUT2D eigenvalue weighted by Gasteiger charge is -2.04. The molecule has 0 aliphatic carbocycles. The predicted octanol–water partition coefficient (Wildman–Crippen LogP) is 9.51. The molecule has 146 valence electrons. The zero-order chi connectivity index (χ0) is 19.1.